The molecule has 3 rings (SSSR count). The minimum atomic E-state index is -0.315. The van der Waals surface area contributed by atoms with Crippen molar-refractivity contribution in [2.45, 2.75) is 19.9 Å². The maximum absolute atomic E-state index is 12.4. The summed E-state index contributed by atoms with van der Waals surface area (Å²) in [6, 6.07) is 16.5. The van der Waals surface area contributed by atoms with Crippen LogP contribution >= 0.6 is 0 Å². The van der Waals surface area contributed by atoms with Crippen LogP contribution in [0.2, 0.25) is 0 Å². The lowest BCUT2D eigenvalue weighted by Crippen LogP contribution is -2.21. The average molecular weight is 331 g/mol. The van der Waals surface area contributed by atoms with Gasteiger partial charge in [-0.1, -0.05) is 31.2 Å². The molecule has 1 amide bonds. The predicted molar refractivity (Wildman–Crippen MR) is 97.4 cm³/mol. The van der Waals surface area contributed by atoms with E-state index in [4.69, 9.17) is 5.26 Å². The Bertz CT molecular complexity index is 1030. The highest BCUT2D eigenvalue weighted by molar-refractivity contribution is 5.92. The number of aromatic nitrogens is 1. The predicted octanol–water partition coefficient (Wildman–Crippen LogP) is 3.07. The Morgan fingerprint density at radius 2 is 1.88 bits per heavy atom. The van der Waals surface area contributed by atoms with Crippen molar-refractivity contribution in [2.75, 3.05) is 5.32 Å². The fourth-order valence-electron chi connectivity index (χ4n) is 2.73. The van der Waals surface area contributed by atoms with Gasteiger partial charge in [0, 0.05) is 17.3 Å². The van der Waals surface area contributed by atoms with Gasteiger partial charge in [0.2, 0.25) is 11.3 Å². The van der Waals surface area contributed by atoms with Crippen LogP contribution in [0.5, 0.6) is 0 Å². The Morgan fingerprint density at radius 1 is 1.16 bits per heavy atom. The summed E-state index contributed by atoms with van der Waals surface area (Å²) in [7, 11) is 0. The lowest BCUT2D eigenvalue weighted by atomic mass is 10.1. The summed E-state index contributed by atoms with van der Waals surface area (Å²) in [5, 5.41) is 12.4. The number of hydrogen-bond acceptors (Lipinski definition) is 3. The summed E-state index contributed by atoms with van der Waals surface area (Å²) in [6.45, 7) is 2.09. The van der Waals surface area contributed by atoms with E-state index in [2.05, 4.69) is 12.2 Å². The summed E-state index contributed by atoms with van der Waals surface area (Å²) >= 11 is 0. The zero-order valence-electron chi connectivity index (χ0n) is 13.8. The van der Waals surface area contributed by atoms with Gasteiger partial charge in [-0.05, 0) is 36.2 Å². The van der Waals surface area contributed by atoms with Crippen LogP contribution in [-0.4, -0.2) is 10.5 Å². The maximum Gasteiger partial charge on any atom is 0.244 e. The van der Waals surface area contributed by atoms with E-state index in [1.807, 2.05) is 30.3 Å². The van der Waals surface area contributed by atoms with Crippen LogP contribution in [-0.2, 0) is 17.8 Å². The van der Waals surface area contributed by atoms with E-state index in [1.54, 1.807) is 28.8 Å². The second-order valence-corrected chi connectivity index (χ2v) is 5.73. The summed E-state index contributed by atoms with van der Waals surface area (Å²) in [6.07, 6.45) is 2.37. The van der Waals surface area contributed by atoms with Crippen LogP contribution in [0.3, 0.4) is 0 Å². The third-order valence-electron chi connectivity index (χ3n) is 4.07. The van der Waals surface area contributed by atoms with Gasteiger partial charge in [0.05, 0.1) is 5.52 Å². The highest BCUT2D eigenvalue weighted by Gasteiger charge is 2.11. The Labute approximate surface area is 145 Å². The average Bonchev–Trinajstić information content (AvgIpc) is 2.64. The molecule has 0 spiro atoms. The number of anilines is 1. The number of benzene rings is 2. The molecule has 0 saturated heterocycles. The molecule has 5 heteroatoms. The van der Waals surface area contributed by atoms with Crippen molar-refractivity contribution in [1.29, 1.82) is 5.26 Å². The van der Waals surface area contributed by atoms with E-state index < -0.39 is 0 Å². The lowest BCUT2D eigenvalue weighted by molar-refractivity contribution is -0.116. The number of hydrogen-bond donors (Lipinski definition) is 1. The Hall–Kier alpha value is -3.39. The van der Waals surface area contributed by atoms with Gasteiger partial charge in [0.1, 0.15) is 18.2 Å². The molecule has 3 aromatic rings. The number of para-hydroxylation sites is 1. The van der Waals surface area contributed by atoms with E-state index >= 15 is 0 Å². The second-order valence-electron chi connectivity index (χ2n) is 5.73. The van der Waals surface area contributed by atoms with E-state index in [9.17, 15) is 9.59 Å². The fourth-order valence-corrected chi connectivity index (χ4v) is 2.73. The third kappa shape index (κ3) is 3.43. The quantitative estimate of drug-likeness (QED) is 0.798. The van der Waals surface area contributed by atoms with Gasteiger partial charge in [-0.25, -0.2) is 0 Å². The van der Waals surface area contributed by atoms with E-state index in [-0.39, 0.29) is 23.4 Å². The second kappa shape index (κ2) is 7.02. The largest absolute Gasteiger partial charge is 0.336 e. The van der Waals surface area contributed by atoms with E-state index in [0.717, 1.165) is 6.42 Å². The van der Waals surface area contributed by atoms with Gasteiger partial charge >= 0.3 is 0 Å². The molecule has 1 heterocycles. The maximum atomic E-state index is 12.4. The molecule has 0 atom stereocenters. The number of carbonyl (C=O) groups excluding carboxylic acids is 1. The highest BCUT2D eigenvalue weighted by Crippen LogP contribution is 2.13. The van der Waals surface area contributed by atoms with Gasteiger partial charge in [-0.15, -0.1) is 0 Å². The number of nitrogens with zero attached hydrogens (tertiary/aromatic N) is 2. The Balaban J connectivity index is 1.89. The molecule has 0 aliphatic carbocycles. The molecule has 0 aliphatic heterocycles. The van der Waals surface area contributed by atoms with Gasteiger partial charge in [-0.3, -0.25) is 9.59 Å². The van der Waals surface area contributed by atoms with E-state index in [0.29, 0.717) is 16.6 Å². The number of nitriles is 1. The van der Waals surface area contributed by atoms with Crippen molar-refractivity contribution < 1.29 is 4.79 Å². The van der Waals surface area contributed by atoms with Crippen molar-refractivity contribution in [3.8, 4) is 6.07 Å². The monoisotopic (exact) mass is 331 g/mol. The summed E-state index contributed by atoms with van der Waals surface area (Å²) in [4.78, 5) is 24.6. The van der Waals surface area contributed by atoms with Crippen molar-refractivity contribution in [3.05, 3.63) is 76.1 Å². The van der Waals surface area contributed by atoms with E-state index in [1.165, 1.54) is 11.8 Å². The first-order chi connectivity index (χ1) is 12.1. The smallest absolute Gasteiger partial charge is 0.244 e. The fraction of sp³-hybridized carbons (Fsp3) is 0.150. The lowest BCUT2D eigenvalue weighted by Gasteiger charge is -2.12. The third-order valence-corrected chi connectivity index (χ3v) is 4.07. The number of aryl methyl sites for hydroxylation is 1. The number of amides is 1. The van der Waals surface area contributed by atoms with Gasteiger partial charge in [0.15, 0.2) is 0 Å². The number of fused-ring (bicyclic) bond motifs is 1. The Kier molecular flexibility index (Phi) is 4.62. The first-order valence-electron chi connectivity index (χ1n) is 8.03. The molecule has 0 unspecified atom stereocenters. The SMILES string of the molecule is CCc1ccc(NC(=O)Cn2cc(C#N)c(=O)c3ccccc32)cc1. The zero-order chi connectivity index (χ0) is 17.8. The van der Waals surface area contributed by atoms with Crippen LogP contribution in [0.4, 0.5) is 5.69 Å². The highest BCUT2D eigenvalue weighted by atomic mass is 16.2. The number of pyridine rings is 1. The molecule has 0 radical (unpaired) electrons. The molecular formula is C20H17N3O2. The molecule has 0 fully saturated rings. The van der Waals surface area contributed by atoms with Crippen LogP contribution in [0.15, 0.2) is 59.5 Å². The minimum absolute atomic E-state index is 0.0189. The first kappa shape index (κ1) is 16.5. The Morgan fingerprint density at radius 3 is 2.56 bits per heavy atom. The van der Waals surface area contributed by atoms with Gasteiger partial charge < -0.3 is 9.88 Å². The van der Waals surface area contributed by atoms with Crippen LogP contribution in [0, 0.1) is 11.3 Å². The molecule has 0 aliphatic rings. The first-order valence-corrected chi connectivity index (χ1v) is 8.03. The molecule has 2 aromatic carbocycles. The van der Waals surface area contributed by atoms with Crippen LogP contribution < -0.4 is 10.7 Å². The van der Waals surface area contributed by atoms with Gasteiger partial charge in [0.25, 0.3) is 0 Å². The molecule has 124 valence electrons. The summed E-state index contributed by atoms with van der Waals surface area (Å²) < 4.78 is 1.63. The van der Waals surface area contributed by atoms with Crippen molar-refractivity contribution >= 4 is 22.5 Å². The number of carbonyl (C=O) groups is 1. The molecule has 1 N–H and O–H groups in total. The topological polar surface area (TPSA) is 74.9 Å². The van der Waals surface area contributed by atoms with Gasteiger partial charge in [-0.2, -0.15) is 5.26 Å². The molecule has 0 saturated carbocycles. The summed E-state index contributed by atoms with van der Waals surface area (Å²) in [5.41, 5.74) is 2.25. The van der Waals surface area contributed by atoms with Crippen molar-refractivity contribution in [1.82, 2.24) is 4.57 Å². The van der Waals surface area contributed by atoms with Crippen molar-refractivity contribution in [2.24, 2.45) is 0 Å². The van der Waals surface area contributed by atoms with Crippen molar-refractivity contribution in [3.63, 3.8) is 0 Å². The molecule has 1 aromatic heterocycles. The minimum Gasteiger partial charge on any atom is -0.336 e. The molecule has 0 bridgehead atoms. The number of nitrogens with one attached hydrogen (secondary N) is 1. The van der Waals surface area contributed by atoms with Crippen LogP contribution in [0.1, 0.15) is 18.1 Å². The standard InChI is InChI=1S/C20H17N3O2/c1-2-14-7-9-16(10-8-14)22-19(24)13-23-12-15(11-21)20(25)17-5-3-4-6-18(17)23/h3-10,12H,2,13H2,1H3,(H,22,24). The normalized spacial score (nSPS) is 10.4. The van der Waals surface area contributed by atoms with Crippen LogP contribution in [0.25, 0.3) is 10.9 Å². The summed E-state index contributed by atoms with van der Waals surface area (Å²) in [5.74, 6) is -0.220. The molecular weight excluding hydrogens is 314 g/mol. The molecule has 25 heavy (non-hydrogen) atoms. The number of rotatable bonds is 4. The molecule has 5 nitrogen and oxygen atoms in total. The zero-order valence-corrected chi connectivity index (χ0v) is 13.8.